The van der Waals surface area contributed by atoms with Crippen LogP contribution in [0.2, 0.25) is 0 Å². The van der Waals surface area contributed by atoms with Gasteiger partial charge in [0.15, 0.2) is 0 Å². The highest BCUT2D eigenvalue weighted by Gasteiger charge is 2.51. The van der Waals surface area contributed by atoms with Crippen molar-refractivity contribution in [3.63, 3.8) is 0 Å². The summed E-state index contributed by atoms with van der Waals surface area (Å²) in [4.78, 5) is 53.8. The largest absolute Gasteiger partial charge is 0.378 e. The van der Waals surface area contributed by atoms with Gasteiger partial charge in [0, 0.05) is 24.3 Å². The van der Waals surface area contributed by atoms with Crippen molar-refractivity contribution < 1.29 is 23.9 Å². The van der Waals surface area contributed by atoms with E-state index in [1.54, 1.807) is 53.4 Å². The first-order valence-electron chi connectivity index (χ1n) is 10.9. The van der Waals surface area contributed by atoms with Crippen LogP contribution in [0.1, 0.15) is 29.3 Å². The van der Waals surface area contributed by atoms with Crippen molar-refractivity contribution in [2.75, 3.05) is 38.2 Å². The van der Waals surface area contributed by atoms with E-state index in [2.05, 4.69) is 10.6 Å². The van der Waals surface area contributed by atoms with Crippen LogP contribution in [0, 0.1) is 0 Å². The second-order valence-corrected chi connectivity index (χ2v) is 7.98. The van der Waals surface area contributed by atoms with Crippen molar-refractivity contribution >= 4 is 29.4 Å². The van der Waals surface area contributed by atoms with E-state index in [1.807, 2.05) is 13.0 Å². The Morgan fingerprint density at radius 3 is 2.48 bits per heavy atom. The first-order valence-corrected chi connectivity index (χ1v) is 10.9. The van der Waals surface area contributed by atoms with Gasteiger partial charge in [0.25, 0.3) is 11.8 Å². The van der Waals surface area contributed by atoms with Crippen molar-refractivity contribution in [3.8, 4) is 0 Å². The van der Waals surface area contributed by atoms with Crippen LogP contribution in [0.3, 0.4) is 0 Å². The van der Waals surface area contributed by atoms with E-state index < -0.39 is 29.9 Å². The average Bonchev–Trinajstić information content (AvgIpc) is 3.10. The molecule has 2 aliphatic heterocycles. The highest BCUT2D eigenvalue weighted by molar-refractivity contribution is 6.10. The maximum atomic E-state index is 13.2. The van der Waals surface area contributed by atoms with Crippen molar-refractivity contribution in [2.45, 2.75) is 18.9 Å². The lowest BCUT2D eigenvalue weighted by molar-refractivity contribution is -0.134. The summed E-state index contributed by atoms with van der Waals surface area (Å²) < 4.78 is 5.28. The molecule has 2 heterocycles. The van der Waals surface area contributed by atoms with Crippen LogP contribution in [0.5, 0.6) is 0 Å². The van der Waals surface area contributed by atoms with E-state index in [1.165, 1.54) is 0 Å². The number of nitrogens with zero attached hydrogens (tertiary/aromatic N) is 2. The van der Waals surface area contributed by atoms with E-state index in [9.17, 15) is 19.2 Å². The molecule has 0 bridgehead atoms. The fraction of sp³-hybridized carbons (Fsp3) is 0.333. The summed E-state index contributed by atoms with van der Waals surface area (Å²) in [6.07, 6.45) is 0.353. The molecule has 0 aromatic heterocycles. The zero-order chi connectivity index (χ0) is 23.4. The van der Waals surface area contributed by atoms with Crippen molar-refractivity contribution in [1.29, 1.82) is 0 Å². The van der Waals surface area contributed by atoms with Gasteiger partial charge in [-0.25, -0.2) is 4.79 Å². The molecule has 9 heteroatoms. The number of benzene rings is 2. The molecule has 2 fully saturated rings. The molecule has 1 atom stereocenters. The number of carbonyl (C=O) groups is 4. The molecule has 0 radical (unpaired) electrons. The van der Waals surface area contributed by atoms with Gasteiger partial charge in [0.05, 0.1) is 13.2 Å². The number of rotatable bonds is 6. The summed E-state index contributed by atoms with van der Waals surface area (Å²) in [6, 6.07) is 15.0. The predicted octanol–water partition coefficient (Wildman–Crippen LogP) is 1.95. The van der Waals surface area contributed by atoms with Gasteiger partial charge in [-0.2, -0.15) is 0 Å². The summed E-state index contributed by atoms with van der Waals surface area (Å²) in [5.74, 6) is -1.14. The lowest BCUT2D eigenvalue weighted by Gasteiger charge is -2.27. The van der Waals surface area contributed by atoms with E-state index in [0.29, 0.717) is 49.5 Å². The maximum Gasteiger partial charge on any atom is 0.325 e. The lowest BCUT2D eigenvalue weighted by atomic mass is 9.87. The molecule has 5 amide bonds. The number of ether oxygens (including phenoxy) is 1. The molecular weight excluding hydrogens is 424 g/mol. The molecule has 172 valence electrons. The number of morpholine rings is 1. The maximum absolute atomic E-state index is 13.2. The van der Waals surface area contributed by atoms with Crippen LogP contribution in [0.15, 0.2) is 54.6 Å². The van der Waals surface area contributed by atoms with E-state index in [0.717, 1.165) is 4.90 Å². The standard InChI is InChI=1S/C24H26N4O5/c1-2-24(18-8-4-3-5-9-18)22(31)28(23(32)26-24)16-20(29)25-19-10-6-7-17(15-19)21(30)27-11-13-33-14-12-27/h3-10,15H,2,11-14,16H2,1H3,(H,25,29)(H,26,32). The number of hydrogen-bond donors (Lipinski definition) is 2. The third-order valence-electron chi connectivity index (χ3n) is 5.97. The van der Waals surface area contributed by atoms with Gasteiger partial charge < -0.3 is 20.3 Å². The van der Waals surface area contributed by atoms with Crippen LogP contribution in [0.4, 0.5) is 10.5 Å². The summed E-state index contributed by atoms with van der Waals surface area (Å²) in [6.45, 7) is 3.41. The Balaban J connectivity index is 1.44. The fourth-order valence-corrected chi connectivity index (χ4v) is 4.15. The van der Waals surface area contributed by atoms with E-state index >= 15 is 0 Å². The summed E-state index contributed by atoms with van der Waals surface area (Å²) in [5.41, 5.74) is 0.334. The third-order valence-corrected chi connectivity index (χ3v) is 5.97. The van der Waals surface area contributed by atoms with Crippen LogP contribution in [0.25, 0.3) is 0 Å². The minimum atomic E-state index is -1.19. The van der Waals surface area contributed by atoms with Crippen molar-refractivity contribution in [3.05, 3.63) is 65.7 Å². The predicted molar refractivity (Wildman–Crippen MR) is 120 cm³/mol. The summed E-state index contributed by atoms with van der Waals surface area (Å²) in [7, 11) is 0. The molecule has 2 aromatic carbocycles. The molecule has 2 N–H and O–H groups in total. The molecule has 0 saturated carbocycles. The summed E-state index contributed by atoms with van der Waals surface area (Å²) in [5, 5.41) is 5.44. The van der Waals surface area contributed by atoms with Crippen LogP contribution in [-0.4, -0.2) is 66.4 Å². The minimum Gasteiger partial charge on any atom is -0.378 e. The van der Waals surface area contributed by atoms with Gasteiger partial charge >= 0.3 is 6.03 Å². The molecular formula is C24H26N4O5. The second kappa shape index (κ2) is 9.41. The Morgan fingerprint density at radius 1 is 1.06 bits per heavy atom. The molecule has 1 unspecified atom stereocenters. The Kier molecular flexibility index (Phi) is 6.41. The number of nitrogens with one attached hydrogen (secondary N) is 2. The number of hydrogen-bond acceptors (Lipinski definition) is 5. The molecule has 33 heavy (non-hydrogen) atoms. The number of carbonyl (C=O) groups excluding carboxylic acids is 4. The van der Waals surface area contributed by atoms with Crippen molar-refractivity contribution in [1.82, 2.24) is 15.1 Å². The van der Waals surface area contributed by atoms with E-state index in [-0.39, 0.29) is 5.91 Å². The first kappa shape index (κ1) is 22.5. The number of urea groups is 1. The normalized spacial score (nSPS) is 20.5. The molecule has 0 aliphatic carbocycles. The Morgan fingerprint density at radius 2 is 1.79 bits per heavy atom. The Hall–Kier alpha value is -3.72. The fourth-order valence-electron chi connectivity index (χ4n) is 4.15. The van der Waals surface area contributed by atoms with Gasteiger partial charge in [0.2, 0.25) is 5.91 Å². The van der Waals surface area contributed by atoms with Crippen LogP contribution >= 0.6 is 0 Å². The molecule has 2 aliphatic rings. The van der Waals surface area contributed by atoms with Crippen molar-refractivity contribution in [2.24, 2.45) is 0 Å². The quantitative estimate of drug-likeness (QED) is 0.654. The second-order valence-electron chi connectivity index (χ2n) is 7.98. The highest BCUT2D eigenvalue weighted by atomic mass is 16.5. The molecule has 0 spiro atoms. The average molecular weight is 450 g/mol. The lowest BCUT2D eigenvalue weighted by Crippen LogP contribution is -2.44. The molecule has 4 rings (SSSR count). The van der Waals surface area contributed by atoms with Gasteiger partial charge in [-0.15, -0.1) is 0 Å². The van der Waals surface area contributed by atoms with Crippen LogP contribution < -0.4 is 10.6 Å². The van der Waals surface area contributed by atoms with Gasteiger partial charge in [-0.05, 0) is 30.2 Å². The highest BCUT2D eigenvalue weighted by Crippen LogP contribution is 2.32. The number of imide groups is 1. The van der Waals surface area contributed by atoms with Gasteiger partial charge in [-0.1, -0.05) is 43.3 Å². The van der Waals surface area contributed by atoms with Gasteiger partial charge in [-0.3, -0.25) is 19.3 Å². The van der Waals surface area contributed by atoms with E-state index in [4.69, 9.17) is 4.74 Å². The topological polar surface area (TPSA) is 108 Å². The Labute approximate surface area is 191 Å². The monoisotopic (exact) mass is 450 g/mol. The smallest absolute Gasteiger partial charge is 0.325 e. The van der Waals surface area contributed by atoms with Crippen LogP contribution in [-0.2, 0) is 19.9 Å². The number of anilines is 1. The molecule has 9 nitrogen and oxygen atoms in total. The number of amides is 5. The third kappa shape index (κ3) is 4.45. The zero-order valence-corrected chi connectivity index (χ0v) is 18.4. The minimum absolute atomic E-state index is 0.140. The van der Waals surface area contributed by atoms with Gasteiger partial charge in [0.1, 0.15) is 12.1 Å². The summed E-state index contributed by atoms with van der Waals surface area (Å²) >= 11 is 0. The molecule has 2 aromatic rings. The first-order chi connectivity index (χ1) is 15.9. The Bertz CT molecular complexity index is 1070. The zero-order valence-electron chi connectivity index (χ0n) is 18.4. The molecule has 2 saturated heterocycles. The SMILES string of the molecule is CCC1(c2ccccc2)NC(=O)N(CC(=O)Nc2cccc(C(=O)N3CCOCC3)c2)C1=O.